The Kier molecular flexibility index (Phi) is 3.41. The van der Waals surface area contributed by atoms with Crippen LogP contribution in [-0.4, -0.2) is 43.5 Å². The fraction of sp³-hybridized carbons (Fsp3) is 0.500. The molecule has 0 radical (unpaired) electrons. The van der Waals surface area contributed by atoms with Gasteiger partial charge in [0.25, 0.3) is 0 Å². The molecule has 114 valence electrons. The van der Waals surface area contributed by atoms with E-state index in [1.54, 1.807) is 0 Å². The summed E-state index contributed by atoms with van der Waals surface area (Å²) in [7, 11) is -2.28. The Labute approximate surface area is 123 Å². The lowest BCUT2D eigenvalue weighted by atomic mass is 10.1. The molecule has 2 aliphatic rings. The Hall–Kier alpha value is -1.60. The van der Waals surface area contributed by atoms with Gasteiger partial charge >= 0.3 is 5.97 Å². The van der Waals surface area contributed by atoms with E-state index >= 15 is 0 Å². The predicted molar refractivity (Wildman–Crippen MR) is 75.0 cm³/mol. The molecule has 2 unspecified atom stereocenters. The van der Waals surface area contributed by atoms with Gasteiger partial charge in [-0.2, -0.15) is 4.31 Å². The summed E-state index contributed by atoms with van der Waals surface area (Å²) in [6.07, 6.45) is 2.90. The first-order valence-corrected chi connectivity index (χ1v) is 8.30. The van der Waals surface area contributed by atoms with Crippen LogP contribution in [0.25, 0.3) is 0 Å². The number of ether oxygens (including phenoxy) is 1. The molecular weight excluding hydrogens is 294 g/mol. The van der Waals surface area contributed by atoms with Crippen LogP contribution in [0.5, 0.6) is 5.75 Å². The number of methoxy groups -OCH3 is 1. The van der Waals surface area contributed by atoms with E-state index in [0.717, 1.165) is 19.3 Å². The average Bonchev–Trinajstić information content (AvgIpc) is 3.09. The zero-order valence-electron chi connectivity index (χ0n) is 11.7. The van der Waals surface area contributed by atoms with Gasteiger partial charge in [-0.3, -0.25) is 0 Å². The van der Waals surface area contributed by atoms with Gasteiger partial charge in [-0.05, 0) is 43.4 Å². The molecule has 21 heavy (non-hydrogen) atoms. The SMILES string of the molecule is COc1ccc(S(=O)(=O)N2CC3CCC2C3)cc1C(=O)O. The standard InChI is InChI=1S/C14H17NO5S/c1-20-13-5-4-11(7-12(13)14(16)17)21(18,19)15-8-9-2-3-10(15)6-9/h4-5,7,9-10H,2-3,6,8H2,1H3,(H,16,17). The third-order valence-electron chi connectivity index (χ3n) is 4.37. The monoisotopic (exact) mass is 311 g/mol. The van der Waals surface area contributed by atoms with Gasteiger partial charge in [0.2, 0.25) is 10.0 Å². The number of carbonyl (C=O) groups is 1. The number of nitrogens with zero attached hydrogens (tertiary/aromatic N) is 1. The van der Waals surface area contributed by atoms with Crippen LogP contribution in [-0.2, 0) is 10.0 Å². The zero-order valence-corrected chi connectivity index (χ0v) is 12.5. The van der Waals surface area contributed by atoms with Crippen LogP contribution in [0.4, 0.5) is 0 Å². The Balaban J connectivity index is 1.99. The molecule has 2 atom stereocenters. The summed E-state index contributed by atoms with van der Waals surface area (Å²) in [5, 5.41) is 9.17. The Morgan fingerprint density at radius 3 is 2.67 bits per heavy atom. The molecule has 0 amide bonds. The highest BCUT2D eigenvalue weighted by molar-refractivity contribution is 7.89. The molecule has 3 rings (SSSR count). The van der Waals surface area contributed by atoms with Gasteiger partial charge in [-0.25, -0.2) is 13.2 Å². The second kappa shape index (κ2) is 4.99. The van der Waals surface area contributed by atoms with Crippen molar-refractivity contribution in [3.63, 3.8) is 0 Å². The number of carboxylic acid groups (broad SMARTS) is 1. The maximum atomic E-state index is 12.7. The normalized spacial score (nSPS) is 25.2. The average molecular weight is 311 g/mol. The molecule has 2 bridgehead atoms. The highest BCUT2D eigenvalue weighted by Crippen LogP contribution is 2.40. The van der Waals surface area contributed by atoms with Crippen LogP contribution < -0.4 is 4.74 Å². The lowest BCUT2D eigenvalue weighted by molar-refractivity contribution is 0.0693. The van der Waals surface area contributed by atoms with Gasteiger partial charge in [-0.15, -0.1) is 0 Å². The number of rotatable bonds is 4. The maximum absolute atomic E-state index is 12.7. The van der Waals surface area contributed by atoms with Crippen molar-refractivity contribution in [3.8, 4) is 5.75 Å². The van der Waals surface area contributed by atoms with Gasteiger partial charge < -0.3 is 9.84 Å². The topological polar surface area (TPSA) is 83.9 Å². The van der Waals surface area contributed by atoms with E-state index in [4.69, 9.17) is 9.84 Å². The van der Waals surface area contributed by atoms with E-state index in [9.17, 15) is 13.2 Å². The van der Waals surface area contributed by atoms with E-state index in [-0.39, 0.29) is 22.3 Å². The van der Waals surface area contributed by atoms with Crippen LogP contribution in [0.1, 0.15) is 29.6 Å². The first-order valence-electron chi connectivity index (χ1n) is 6.86. The summed E-state index contributed by atoms with van der Waals surface area (Å²) < 4.78 is 31.9. The molecule has 7 heteroatoms. The first kappa shape index (κ1) is 14.3. The van der Waals surface area contributed by atoms with Crippen LogP contribution in [0.15, 0.2) is 23.1 Å². The summed E-state index contributed by atoms with van der Waals surface area (Å²) in [6.45, 7) is 0.543. The van der Waals surface area contributed by atoms with Crippen molar-refractivity contribution in [1.82, 2.24) is 4.31 Å². The van der Waals surface area contributed by atoms with Crippen molar-refractivity contribution in [3.05, 3.63) is 23.8 Å². The fourth-order valence-electron chi connectivity index (χ4n) is 3.32. The number of hydrogen-bond donors (Lipinski definition) is 1. The van der Waals surface area contributed by atoms with Gasteiger partial charge in [0, 0.05) is 12.6 Å². The van der Waals surface area contributed by atoms with E-state index < -0.39 is 16.0 Å². The first-order chi connectivity index (χ1) is 9.93. The number of piperidine rings is 1. The Morgan fingerprint density at radius 1 is 1.38 bits per heavy atom. The van der Waals surface area contributed by atoms with E-state index in [1.807, 2.05) is 0 Å². The highest BCUT2D eigenvalue weighted by Gasteiger charge is 2.44. The predicted octanol–water partition coefficient (Wildman–Crippen LogP) is 1.57. The molecule has 0 aromatic heterocycles. The number of aromatic carboxylic acids is 1. The molecule has 1 aliphatic carbocycles. The molecule has 1 N–H and O–H groups in total. The molecule has 1 aliphatic heterocycles. The van der Waals surface area contributed by atoms with E-state index in [2.05, 4.69) is 0 Å². The molecule has 1 saturated heterocycles. The van der Waals surface area contributed by atoms with Crippen molar-refractivity contribution in [2.24, 2.45) is 5.92 Å². The summed E-state index contributed by atoms with van der Waals surface area (Å²) in [6, 6.07) is 4.05. The molecule has 0 spiro atoms. The minimum atomic E-state index is -3.64. The zero-order chi connectivity index (χ0) is 15.2. The van der Waals surface area contributed by atoms with Crippen molar-refractivity contribution in [2.75, 3.05) is 13.7 Å². The Morgan fingerprint density at radius 2 is 2.14 bits per heavy atom. The van der Waals surface area contributed by atoms with Gasteiger partial charge in [-0.1, -0.05) is 0 Å². The molecule has 6 nitrogen and oxygen atoms in total. The molecule has 1 heterocycles. The maximum Gasteiger partial charge on any atom is 0.339 e. The molecule has 1 aromatic carbocycles. The number of hydrogen-bond acceptors (Lipinski definition) is 4. The van der Waals surface area contributed by atoms with Crippen molar-refractivity contribution in [1.29, 1.82) is 0 Å². The van der Waals surface area contributed by atoms with Gasteiger partial charge in [0.05, 0.1) is 12.0 Å². The van der Waals surface area contributed by atoms with Crippen molar-refractivity contribution >= 4 is 16.0 Å². The second-order valence-electron chi connectivity index (χ2n) is 5.57. The van der Waals surface area contributed by atoms with Crippen molar-refractivity contribution < 1.29 is 23.1 Å². The van der Waals surface area contributed by atoms with Gasteiger partial charge in [0.15, 0.2) is 0 Å². The lowest BCUT2D eigenvalue weighted by Crippen LogP contribution is -2.37. The minimum Gasteiger partial charge on any atom is -0.496 e. The van der Waals surface area contributed by atoms with Gasteiger partial charge in [0.1, 0.15) is 11.3 Å². The quantitative estimate of drug-likeness (QED) is 0.912. The summed E-state index contributed by atoms with van der Waals surface area (Å²) >= 11 is 0. The third kappa shape index (κ3) is 2.30. The largest absolute Gasteiger partial charge is 0.496 e. The summed E-state index contributed by atoms with van der Waals surface area (Å²) in [5.74, 6) is -0.599. The molecule has 1 aromatic rings. The summed E-state index contributed by atoms with van der Waals surface area (Å²) in [4.78, 5) is 11.2. The Bertz CT molecular complexity index is 685. The molecular formula is C14H17NO5S. The second-order valence-corrected chi connectivity index (χ2v) is 7.47. The van der Waals surface area contributed by atoms with E-state index in [0.29, 0.717) is 12.5 Å². The number of fused-ring (bicyclic) bond motifs is 2. The smallest absolute Gasteiger partial charge is 0.339 e. The minimum absolute atomic E-state index is 0.0215. The van der Waals surface area contributed by atoms with Crippen LogP contribution >= 0.6 is 0 Å². The third-order valence-corrected chi connectivity index (χ3v) is 6.28. The fourth-order valence-corrected chi connectivity index (χ4v) is 5.09. The van der Waals surface area contributed by atoms with E-state index in [1.165, 1.54) is 29.6 Å². The number of benzene rings is 1. The van der Waals surface area contributed by atoms with Crippen molar-refractivity contribution in [2.45, 2.75) is 30.2 Å². The summed E-state index contributed by atoms with van der Waals surface area (Å²) in [5.41, 5.74) is -0.136. The molecule has 2 fully saturated rings. The van der Waals surface area contributed by atoms with Crippen LogP contribution in [0.3, 0.4) is 0 Å². The lowest BCUT2D eigenvalue weighted by Gasteiger charge is -2.26. The number of carboxylic acids is 1. The number of sulfonamides is 1. The highest BCUT2D eigenvalue weighted by atomic mass is 32.2. The van der Waals surface area contributed by atoms with Crippen LogP contribution in [0.2, 0.25) is 0 Å². The molecule has 1 saturated carbocycles. The van der Waals surface area contributed by atoms with Crippen LogP contribution in [0, 0.1) is 5.92 Å².